The van der Waals surface area contributed by atoms with E-state index < -0.39 is 6.10 Å². The second-order valence-corrected chi connectivity index (χ2v) is 3.18. The maximum absolute atomic E-state index is 9.63. The molecule has 0 amide bonds. The van der Waals surface area contributed by atoms with Crippen molar-refractivity contribution in [2.24, 2.45) is 0 Å². The molecule has 2 heteroatoms. The highest BCUT2D eigenvalue weighted by molar-refractivity contribution is 5.07. The zero-order valence-corrected chi connectivity index (χ0v) is 7.99. The predicted octanol–water partition coefficient (Wildman–Crippen LogP) is 2.98. The second-order valence-electron chi connectivity index (χ2n) is 3.18. The van der Waals surface area contributed by atoms with E-state index in [-0.39, 0.29) is 0 Å². The second kappa shape index (κ2) is 4.87. The van der Waals surface area contributed by atoms with Gasteiger partial charge in [-0.05, 0) is 38.3 Å². The molecule has 0 aliphatic carbocycles. The van der Waals surface area contributed by atoms with Crippen molar-refractivity contribution in [1.82, 2.24) is 0 Å². The molecule has 1 rings (SSSR count). The van der Waals surface area contributed by atoms with Gasteiger partial charge in [0.1, 0.15) is 17.6 Å². The van der Waals surface area contributed by atoms with Crippen LogP contribution in [-0.2, 0) is 0 Å². The van der Waals surface area contributed by atoms with Crippen LogP contribution in [0.1, 0.15) is 36.9 Å². The molecule has 1 atom stereocenters. The van der Waals surface area contributed by atoms with E-state index in [0.717, 1.165) is 25.0 Å². The normalized spacial score (nSPS) is 12.8. The van der Waals surface area contributed by atoms with Crippen LogP contribution in [0.15, 0.2) is 29.2 Å². The summed E-state index contributed by atoms with van der Waals surface area (Å²) in [4.78, 5) is 0. The van der Waals surface area contributed by atoms with Gasteiger partial charge in [0.25, 0.3) is 0 Å². The molecule has 1 heterocycles. The molecule has 13 heavy (non-hydrogen) atoms. The van der Waals surface area contributed by atoms with E-state index in [1.54, 1.807) is 0 Å². The highest BCUT2D eigenvalue weighted by Crippen LogP contribution is 2.20. The topological polar surface area (TPSA) is 33.4 Å². The van der Waals surface area contributed by atoms with Crippen molar-refractivity contribution >= 4 is 0 Å². The van der Waals surface area contributed by atoms with Crippen LogP contribution < -0.4 is 0 Å². The fourth-order valence-corrected chi connectivity index (χ4v) is 1.23. The van der Waals surface area contributed by atoms with Crippen LogP contribution in [0.2, 0.25) is 0 Å². The van der Waals surface area contributed by atoms with Crippen LogP contribution in [0.3, 0.4) is 0 Å². The number of aryl methyl sites for hydroxylation is 1. The Morgan fingerprint density at radius 1 is 1.62 bits per heavy atom. The number of hydrogen-bond donors (Lipinski definition) is 1. The highest BCUT2D eigenvalue weighted by atomic mass is 16.4. The third kappa shape index (κ3) is 3.07. The number of allylic oxidation sites excluding steroid dienone is 1. The molecule has 0 saturated carbocycles. The van der Waals surface area contributed by atoms with Crippen molar-refractivity contribution in [3.8, 4) is 0 Å². The number of rotatable bonds is 5. The minimum absolute atomic E-state index is 0.464. The van der Waals surface area contributed by atoms with Crippen molar-refractivity contribution in [3.05, 3.63) is 36.3 Å². The minimum Gasteiger partial charge on any atom is -0.464 e. The zero-order valence-electron chi connectivity index (χ0n) is 7.99. The maximum Gasteiger partial charge on any atom is 0.132 e. The molecule has 1 aromatic rings. The first-order valence-corrected chi connectivity index (χ1v) is 4.59. The molecule has 0 aromatic carbocycles. The van der Waals surface area contributed by atoms with Gasteiger partial charge in [0.2, 0.25) is 0 Å². The number of aliphatic hydroxyl groups excluding tert-OH is 1. The van der Waals surface area contributed by atoms with Crippen molar-refractivity contribution in [2.75, 3.05) is 0 Å². The first-order valence-electron chi connectivity index (χ1n) is 4.59. The van der Waals surface area contributed by atoms with Gasteiger partial charge in [0.05, 0.1) is 0 Å². The quantitative estimate of drug-likeness (QED) is 0.558. The standard InChI is InChI=1S/C11H16O2/c1-3-4-5-6-10(12)11-8-7-9(2)13-11/h3,7-8,10,12H,1,4-6H2,2H3. The molecule has 2 nitrogen and oxygen atoms in total. The van der Waals surface area contributed by atoms with Gasteiger partial charge in [-0.15, -0.1) is 6.58 Å². The van der Waals surface area contributed by atoms with Crippen molar-refractivity contribution in [1.29, 1.82) is 0 Å². The number of furan rings is 1. The molecular formula is C11H16O2. The first kappa shape index (κ1) is 10.1. The largest absolute Gasteiger partial charge is 0.464 e. The summed E-state index contributed by atoms with van der Waals surface area (Å²) < 4.78 is 5.30. The molecule has 0 aliphatic rings. The van der Waals surface area contributed by atoms with Gasteiger partial charge < -0.3 is 9.52 Å². The van der Waals surface area contributed by atoms with Crippen molar-refractivity contribution in [2.45, 2.75) is 32.3 Å². The predicted molar refractivity (Wildman–Crippen MR) is 52.5 cm³/mol. The van der Waals surface area contributed by atoms with Gasteiger partial charge >= 0.3 is 0 Å². The Hall–Kier alpha value is -1.02. The van der Waals surface area contributed by atoms with Crippen LogP contribution in [-0.4, -0.2) is 5.11 Å². The van der Waals surface area contributed by atoms with Crippen molar-refractivity contribution < 1.29 is 9.52 Å². The summed E-state index contributed by atoms with van der Waals surface area (Å²) in [6.07, 6.45) is 4.02. The number of unbranched alkanes of at least 4 members (excludes halogenated alkanes) is 1. The summed E-state index contributed by atoms with van der Waals surface area (Å²) in [5, 5.41) is 9.63. The van der Waals surface area contributed by atoms with Gasteiger partial charge in [-0.3, -0.25) is 0 Å². The third-order valence-electron chi connectivity index (χ3n) is 1.98. The molecule has 0 radical (unpaired) electrons. The molecule has 1 aromatic heterocycles. The van der Waals surface area contributed by atoms with E-state index in [0.29, 0.717) is 5.76 Å². The molecule has 0 saturated heterocycles. The monoisotopic (exact) mass is 180 g/mol. The van der Waals surface area contributed by atoms with Gasteiger partial charge in [0, 0.05) is 0 Å². The Morgan fingerprint density at radius 2 is 2.38 bits per heavy atom. The summed E-state index contributed by atoms with van der Waals surface area (Å²) in [6.45, 7) is 5.50. The first-order chi connectivity index (χ1) is 6.24. The Bertz CT molecular complexity index is 263. The van der Waals surface area contributed by atoms with E-state index in [9.17, 15) is 5.11 Å². The van der Waals surface area contributed by atoms with Gasteiger partial charge in [0.15, 0.2) is 0 Å². The van der Waals surface area contributed by atoms with Crippen LogP contribution in [0.5, 0.6) is 0 Å². The molecule has 0 fully saturated rings. The maximum atomic E-state index is 9.63. The molecule has 0 spiro atoms. The van der Waals surface area contributed by atoms with E-state index in [1.807, 2.05) is 25.1 Å². The number of hydrogen-bond acceptors (Lipinski definition) is 2. The van der Waals surface area contributed by atoms with Gasteiger partial charge in [-0.2, -0.15) is 0 Å². The lowest BCUT2D eigenvalue weighted by Crippen LogP contribution is -1.94. The smallest absolute Gasteiger partial charge is 0.132 e. The summed E-state index contributed by atoms with van der Waals surface area (Å²) in [7, 11) is 0. The summed E-state index contributed by atoms with van der Waals surface area (Å²) in [6, 6.07) is 3.69. The van der Waals surface area contributed by atoms with Crippen molar-refractivity contribution in [3.63, 3.8) is 0 Å². The van der Waals surface area contributed by atoms with Crippen LogP contribution in [0, 0.1) is 6.92 Å². The third-order valence-corrected chi connectivity index (χ3v) is 1.98. The molecule has 1 unspecified atom stereocenters. The fourth-order valence-electron chi connectivity index (χ4n) is 1.23. The van der Waals surface area contributed by atoms with Gasteiger partial charge in [-0.25, -0.2) is 0 Å². The number of aliphatic hydroxyl groups is 1. The SMILES string of the molecule is C=CCCCC(O)c1ccc(C)o1. The molecule has 0 aliphatic heterocycles. The van der Waals surface area contributed by atoms with E-state index >= 15 is 0 Å². The average molecular weight is 180 g/mol. The summed E-state index contributed by atoms with van der Waals surface area (Å²) in [5.41, 5.74) is 0. The molecular weight excluding hydrogens is 164 g/mol. The van der Waals surface area contributed by atoms with E-state index in [4.69, 9.17) is 4.42 Å². The Balaban J connectivity index is 2.39. The zero-order chi connectivity index (χ0) is 9.68. The lowest BCUT2D eigenvalue weighted by molar-refractivity contribution is 0.137. The molecule has 72 valence electrons. The Kier molecular flexibility index (Phi) is 3.77. The van der Waals surface area contributed by atoms with Gasteiger partial charge in [-0.1, -0.05) is 6.08 Å². The van der Waals surface area contributed by atoms with Crippen LogP contribution in [0.25, 0.3) is 0 Å². The lowest BCUT2D eigenvalue weighted by Gasteiger charge is -2.05. The molecule has 0 bridgehead atoms. The van der Waals surface area contributed by atoms with Crippen LogP contribution >= 0.6 is 0 Å². The van der Waals surface area contributed by atoms with Crippen LogP contribution in [0.4, 0.5) is 0 Å². The summed E-state index contributed by atoms with van der Waals surface area (Å²) >= 11 is 0. The lowest BCUT2D eigenvalue weighted by atomic mass is 10.1. The summed E-state index contributed by atoms with van der Waals surface area (Å²) in [5.74, 6) is 1.51. The fraction of sp³-hybridized carbons (Fsp3) is 0.455. The minimum atomic E-state index is -0.464. The van der Waals surface area contributed by atoms with E-state index in [2.05, 4.69) is 6.58 Å². The average Bonchev–Trinajstić information content (AvgIpc) is 2.52. The van der Waals surface area contributed by atoms with E-state index in [1.165, 1.54) is 0 Å². The Labute approximate surface area is 78.9 Å². The highest BCUT2D eigenvalue weighted by Gasteiger charge is 2.09. The Morgan fingerprint density at radius 3 is 2.92 bits per heavy atom. The molecule has 1 N–H and O–H groups in total.